The topological polar surface area (TPSA) is 41.3 Å². The number of nitrogens with one attached hydrogen (secondary N) is 1. The molecule has 0 saturated carbocycles. The summed E-state index contributed by atoms with van der Waals surface area (Å²) < 4.78 is 5.64. The monoisotopic (exact) mass is 265 g/mol. The Morgan fingerprint density at radius 2 is 2.16 bits per heavy atom. The lowest BCUT2D eigenvalue weighted by Gasteiger charge is -2.25. The fraction of sp³-hybridized carbons (Fsp3) is 0.800. The van der Waals surface area contributed by atoms with Crippen molar-refractivity contribution in [3.63, 3.8) is 0 Å². The van der Waals surface area contributed by atoms with Gasteiger partial charge in [0.2, 0.25) is 0 Å². The number of aromatic nitrogens is 1. The molecule has 1 aromatic heterocycles. The number of rotatable bonds is 7. The van der Waals surface area contributed by atoms with E-state index in [-0.39, 0.29) is 0 Å². The number of oxazole rings is 1. The van der Waals surface area contributed by atoms with Crippen LogP contribution in [-0.4, -0.2) is 24.6 Å². The minimum Gasteiger partial charge on any atom is -0.432 e. The van der Waals surface area contributed by atoms with Crippen LogP contribution in [-0.2, 0) is 6.54 Å². The number of nitrogens with zero attached hydrogens (tertiary/aromatic N) is 2. The zero-order valence-corrected chi connectivity index (χ0v) is 12.5. The maximum Gasteiger partial charge on any atom is 0.297 e. The molecule has 0 bridgehead atoms. The molecule has 4 heteroatoms. The van der Waals surface area contributed by atoms with Gasteiger partial charge in [-0.25, -0.2) is 0 Å². The molecule has 108 valence electrons. The van der Waals surface area contributed by atoms with Crippen molar-refractivity contribution in [2.45, 2.75) is 53.0 Å². The summed E-state index contributed by atoms with van der Waals surface area (Å²) in [5.41, 5.74) is 1.48. The van der Waals surface area contributed by atoms with E-state index in [9.17, 15) is 0 Å². The zero-order valence-electron chi connectivity index (χ0n) is 12.5. The molecule has 0 amide bonds. The molecule has 0 aliphatic carbocycles. The summed E-state index contributed by atoms with van der Waals surface area (Å²) in [4.78, 5) is 6.90. The smallest absolute Gasteiger partial charge is 0.297 e. The molecule has 0 aromatic carbocycles. The summed E-state index contributed by atoms with van der Waals surface area (Å²) in [5.74, 6) is 0. The van der Waals surface area contributed by atoms with Crippen molar-refractivity contribution in [3.8, 4) is 0 Å². The van der Waals surface area contributed by atoms with E-state index in [1.165, 1.54) is 19.3 Å². The maximum absolute atomic E-state index is 5.64. The van der Waals surface area contributed by atoms with Gasteiger partial charge in [-0.2, -0.15) is 4.98 Å². The minimum atomic E-state index is 0.467. The predicted molar refractivity (Wildman–Crippen MR) is 78.3 cm³/mol. The third-order valence-corrected chi connectivity index (χ3v) is 4.48. The average molecular weight is 265 g/mol. The van der Waals surface area contributed by atoms with Gasteiger partial charge in [0, 0.05) is 19.6 Å². The second-order valence-corrected chi connectivity index (χ2v) is 5.68. The van der Waals surface area contributed by atoms with Crippen molar-refractivity contribution in [1.29, 1.82) is 0 Å². The van der Waals surface area contributed by atoms with Crippen molar-refractivity contribution in [1.82, 2.24) is 10.3 Å². The van der Waals surface area contributed by atoms with Crippen LogP contribution in [0.4, 0.5) is 6.01 Å². The van der Waals surface area contributed by atoms with E-state index in [0.29, 0.717) is 5.41 Å². The first-order valence-corrected chi connectivity index (χ1v) is 7.63. The SMILES string of the molecule is CCCNCc1coc(N2CCC(CC)(CC)C2)n1. The first kappa shape index (κ1) is 14.4. The quantitative estimate of drug-likeness (QED) is 0.769. The van der Waals surface area contributed by atoms with Gasteiger partial charge in [-0.05, 0) is 37.6 Å². The standard InChI is InChI=1S/C15H27N3O/c1-4-8-16-10-13-11-19-14(17-13)18-9-7-15(5-2,6-3)12-18/h11,16H,4-10,12H2,1-3H3. The second-order valence-electron chi connectivity index (χ2n) is 5.68. The van der Waals surface area contributed by atoms with Crippen LogP contribution < -0.4 is 10.2 Å². The normalized spacial score (nSPS) is 18.2. The Bertz CT molecular complexity index is 384. The van der Waals surface area contributed by atoms with Crippen LogP contribution in [0.5, 0.6) is 0 Å². The van der Waals surface area contributed by atoms with E-state index >= 15 is 0 Å². The lowest BCUT2D eigenvalue weighted by Crippen LogP contribution is -2.26. The molecule has 1 aromatic rings. The first-order chi connectivity index (χ1) is 9.23. The van der Waals surface area contributed by atoms with Gasteiger partial charge in [0.25, 0.3) is 6.01 Å². The molecule has 0 atom stereocenters. The minimum absolute atomic E-state index is 0.467. The van der Waals surface area contributed by atoms with E-state index in [1.54, 1.807) is 6.26 Å². The molecule has 1 aliphatic rings. The highest BCUT2D eigenvalue weighted by Crippen LogP contribution is 2.38. The van der Waals surface area contributed by atoms with Crippen molar-refractivity contribution in [3.05, 3.63) is 12.0 Å². The molecule has 19 heavy (non-hydrogen) atoms. The molecule has 2 rings (SSSR count). The Morgan fingerprint density at radius 1 is 1.37 bits per heavy atom. The van der Waals surface area contributed by atoms with Crippen molar-refractivity contribution < 1.29 is 4.42 Å². The van der Waals surface area contributed by atoms with Crippen molar-refractivity contribution in [2.24, 2.45) is 5.41 Å². The summed E-state index contributed by atoms with van der Waals surface area (Å²) in [6, 6.07) is 0.803. The molecule has 1 aliphatic heterocycles. The van der Waals surface area contributed by atoms with Crippen LogP contribution >= 0.6 is 0 Å². The van der Waals surface area contributed by atoms with Crippen molar-refractivity contribution >= 4 is 6.01 Å². The number of anilines is 1. The summed E-state index contributed by atoms with van der Waals surface area (Å²) in [5, 5.41) is 3.35. The van der Waals surface area contributed by atoms with E-state index in [4.69, 9.17) is 4.42 Å². The van der Waals surface area contributed by atoms with E-state index in [1.807, 2.05) is 0 Å². The lowest BCUT2D eigenvalue weighted by atomic mass is 9.82. The molecule has 0 unspecified atom stereocenters. The maximum atomic E-state index is 5.64. The predicted octanol–water partition coefficient (Wildman–Crippen LogP) is 3.19. The average Bonchev–Trinajstić information content (AvgIpc) is 3.06. The third-order valence-electron chi connectivity index (χ3n) is 4.48. The highest BCUT2D eigenvalue weighted by Gasteiger charge is 2.36. The molecule has 1 saturated heterocycles. The van der Waals surface area contributed by atoms with Crippen LogP contribution in [0.1, 0.15) is 52.1 Å². The third kappa shape index (κ3) is 3.30. The summed E-state index contributed by atoms with van der Waals surface area (Å²) in [7, 11) is 0. The highest BCUT2D eigenvalue weighted by atomic mass is 16.4. The molecule has 2 heterocycles. The van der Waals surface area contributed by atoms with Gasteiger partial charge >= 0.3 is 0 Å². The molecular weight excluding hydrogens is 238 g/mol. The molecule has 1 fully saturated rings. The van der Waals surface area contributed by atoms with Gasteiger partial charge in [-0.3, -0.25) is 0 Å². The zero-order chi connectivity index (χ0) is 13.7. The Hall–Kier alpha value is -1.03. The molecular formula is C15H27N3O. The van der Waals surface area contributed by atoms with Crippen molar-refractivity contribution in [2.75, 3.05) is 24.5 Å². The van der Waals surface area contributed by atoms with Gasteiger partial charge < -0.3 is 14.6 Å². The van der Waals surface area contributed by atoms with Gasteiger partial charge in [0.1, 0.15) is 6.26 Å². The van der Waals surface area contributed by atoms with Gasteiger partial charge in [0.05, 0.1) is 5.69 Å². The van der Waals surface area contributed by atoms with Gasteiger partial charge in [-0.15, -0.1) is 0 Å². The number of hydrogen-bond donors (Lipinski definition) is 1. The summed E-state index contributed by atoms with van der Waals surface area (Å²) >= 11 is 0. The lowest BCUT2D eigenvalue weighted by molar-refractivity contribution is 0.300. The van der Waals surface area contributed by atoms with E-state index in [2.05, 4.69) is 36.0 Å². The molecule has 1 N–H and O–H groups in total. The van der Waals surface area contributed by atoms with Gasteiger partial charge in [0.15, 0.2) is 0 Å². The van der Waals surface area contributed by atoms with Crippen LogP contribution in [0.3, 0.4) is 0 Å². The molecule has 0 spiro atoms. The molecule has 4 nitrogen and oxygen atoms in total. The number of hydrogen-bond acceptors (Lipinski definition) is 4. The summed E-state index contributed by atoms with van der Waals surface area (Å²) in [6.45, 7) is 10.7. The highest BCUT2D eigenvalue weighted by molar-refractivity contribution is 5.30. The fourth-order valence-electron chi connectivity index (χ4n) is 2.84. The summed E-state index contributed by atoms with van der Waals surface area (Å²) in [6.07, 6.45) is 6.67. The fourth-order valence-corrected chi connectivity index (χ4v) is 2.84. The van der Waals surface area contributed by atoms with Crippen LogP contribution in [0.15, 0.2) is 10.7 Å². The van der Waals surface area contributed by atoms with Crippen LogP contribution in [0.2, 0.25) is 0 Å². The Kier molecular flexibility index (Phi) is 4.86. The van der Waals surface area contributed by atoms with Gasteiger partial charge in [-0.1, -0.05) is 20.8 Å². The Balaban J connectivity index is 1.92. The molecule has 0 radical (unpaired) electrons. The first-order valence-electron chi connectivity index (χ1n) is 7.63. The second kappa shape index (κ2) is 6.42. The Labute approximate surface area is 116 Å². The Morgan fingerprint density at radius 3 is 2.79 bits per heavy atom. The van der Waals surface area contributed by atoms with Crippen LogP contribution in [0, 0.1) is 5.41 Å². The van der Waals surface area contributed by atoms with E-state index in [0.717, 1.165) is 44.3 Å². The largest absolute Gasteiger partial charge is 0.432 e. The van der Waals surface area contributed by atoms with Crippen LogP contribution in [0.25, 0.3) is 0 Å². The van der Waals surface area contributed by atoms with E-state index < -0.39 is 0 Å².